The number of halogens is 1. The van der Waals surface area contributed by atoms with Crippen LogP contribution in [0.15, 0.2) is 54.6 Å². The molecule has 0 aliphatic carbocycles. The molecule has 2 aromatic carbocycles. The zero-order chi connectivity index (χ0) is 18.4. The summed E-state index contributed by atoms with van der Waals surface area (Å²) in [5.41, 5.74) is 1.76. The Bertz CT molecular complexity index is 738. The number of carbonyl (C=O) groups excluding carboxylic acids is 2. The number of aryl methyl sites for hydroxylation is 1. The number of hydrogen-bond donors (Lipinski definition) is 1. The Morgan fingerprint density at radius 2 is 1.65 bits per heavy atom. The molecule has 0 aromatic heterocycles. The van der Waals surface area contributed by atoms with E-state index in [-0.39, 0.29) is 23.5 Å². The number of benzene rings is 2. The molecule has 3 rings (SSSR count). The minimum atomic E-state index is -0.268. The summed E-state index contributed by atoms with van der Waals surface area (Å²) in [6.07, 6.45) is 2.38. The van der Waals surface area contributed by atoms with Crippen molar-refractivity contribution in [2.24, 2.45) is 5.92 Å². The zero-order valence-electron chi connectivity index (χ0n) is 14.7. The van der Waals surface area contributed by atoms with Crippen molar-refractivity contribution >= 4 is 17.5 Å². The van der Waals surface area contributed by atoms with Crippen LogP contribution in [0.4, 0.5) is 10.1 Å². The number of nitrogens with zero attached hydrogens (tertiary/aromatic N) is 1. The highest BCUT2D eigenvalue weighted by atomic mass is 19.1. The lowest BCUT2D eigenvalue weighted by Gasteiger charge is -2.31. The van der Waals surface area contributed by atoms with Crippen molar-refractivity contribution in [2.45, 2.75) is 25.7 Å². The Morgan fingerprint density at radius 1 is 1.00 bits per heavy atom. The van der Waals surface area contributed by atoms with Gasteiger partial charge in [-0.25, -0.2) is 4.39 Å². The van der Waals surface area contributed by atoms with Gasteiger partial charge >= 0.3 is 0 Å². The molecule has 1 saturated heterocycles. The Morgan fingerprint density at radius 3 is 2.31 bits per heavy atom. The maximum Gasteiger partial charge on any atom is 0.227 e. The molecule has 1 fully saturated rings. The van der Waals surface area contributed by atoms with Crippen molar-refractivity contribution in [1.29, 1.82) is 0 Å². The second-order valence-electron chi connectivity index (χ2n) is 6.64. The highest BCUT2D eigenvalue weighted by molar-refractivity contribution is 5.92. The van der Waals surface area contributed by atoms with Crippen molar-refractivity contribution in [3.8, 4) is 0 Å². The van der Waals surface area contributed by atoms with Gasteiger partial charge in [-0.1, -0.05) is 30.3 Å². The minimum absolute atomic E-state index is 0.0228. The lowest BCUT2D eigenvalue weighted by molar-refractivity contribution is -0.134. The summed E-state index contributed by atoms with van der Waals surface area (Å²) in [5, 5.41) is 2.93. The van der Waals surface area contributed by atoms with Gasteiger partial charge in [-0.3, -0.25) is 9.59 Å². The molecule has 1 heterocycles. The molecular weight excluding hydrogens is 331 g/mol. The summed E-state index contributed by atoms with van der Waals surface area (Å²) < 4.78 is 12.9. The van der Waals surface area contributed by atoms with Crippen molar-refractivity contribution in [3.63, 3.8) is 0 Å². The topological polar surface area (TPSA) is 49.4 Å². The van der Waals surface area contributed by atoms with E-state index in [2.05, 4.69) is 5.32 Å². The Hall–Kier alpha value is -2.69. The van der Waals surface area contributed by atoms with Crippen LogP contribution in [0, 0.1) is 11.7 Å². The van der Waals surface area contributed by atoms with Gasteiger partial charge in [-0.05, 0) is 49.1 Å². The smallest absolute Gasteiger partial charge is 0.227 e. The van der Waals surface area contributed by atoms with Crippen molar-refractivity contribution in [1.82, 2.24) is 4.90 Å². The molecule has 2 amide bonds. The Kier molecular flexibility index (Phi) is 6.00. The molecule has 1 N–H and O–H groups in total. The Balaban J connectivity index is 1.43. The molecule has 136 valence electrons. The largest absolute Gasteiger partial charge is 0.343 e. The maximum atomic E-state index is 12.9. The fraction of sp³-hybridized carbons (Fsp3) is 0.333. The number of amides is 2. The number of para-hydroxylation sites is 1. The second kappa shape index (κ2) is 8.61. The van der Waals surface area contributed by atoms with Gasteiger partial charge in [0.15, 0.2) is 0 Å². The van der Waals surface area contributed by atoms with E-state index in [0.29, 0.717) is 38.8 Å². The normalized spacial score (nSPS) is 14.9. The SMILES string of the molecule is O=C(Nc1ccccc1)C1CCN(C(=O)CCc2ccc(F)cc2)CC1. The van der Waals surface area contributed by atoms with Crippen LogP contribution < -0.4 is 5.32 Å². The standard InChI is InChI=1S/C21H23FN2O2/c22-18-9-6-16(7-10-18)8-11-20(25)24-14-12-17(13-15-24)21(26)23-19-4-2-1-3-5-19/h1-7,9-10,17H,8,11-15H2,(H,23,26). The fourth-order valence-corrected chi connectivity index (χ4v) is 3.22. The van der Waals surface area contributed by atoms with Gasteiger partial charge in [-0.15, -0.1) is 0 Å². The van der Waals surface area contributed by atoms with Crippen LogP contribution in [0.1, 0.15) is 24.8 Å². The quantitative estimate of drug-likeness (QED) is 0.891. The van der Waals surface area contributed by atoms with E-state index in [1.165, 1.54) is 12.1 Å². The summed E-state index contributed by atoms with van der Waals surface area (Å²) in [7, 11) is 0. The van der Waals surface area contributed by atoms with Gasteiger partial charge in [0.2, 0.25) is 11.8 Å². The van der Waals surface area contributed by atoms with Crippen LogP contribution in [0.25, 0.3) is 0 Å². The molecular formula is C21H23FN2O2. The number of nitrogens with one attached hydrogen (secondary N) is 1. The van der Waals surface area contributed by atoms with Crippen LogP contribution in [0.5, 0.6) is 0 Å². The van der Waals surface area contributed by atoms with Crippen molar-refractivity contribution in [3.05, 3.63) is 66.0 Å². The van der Waals surface area contributed by atoms with Crippen LogP contribution in [-0.2, 0) is 16.0 Å². The summed E-state index contributed by atoms with van der Waals surface area (Å²) in [4.78, 5) is 26.5. The molecule has 0 bridgehead atoms. The molecule has 0 atom stereocenters. The minimum Gasteiger partial charge on any atom is -0.343 e. The predicted molar refractivity (Wildman–Crippen MR) is 99.1 cm³/mol. The number of likely N-dealkylation sites (tertiary alicyclic amines) is 1. The summed E-state index contributed by atoms with van der Waals surface area (Å²) in [6.45, 7) is 1.21. The number of carbonyl (C=O) groups is 2. The third kappa shape index (κ3) is 4.91. The van der Waals surface area contributed by atoms with Gasteiger partial charge in [0.25, 0.3) is 0 Å². The van der Waals surface area contributed by atoms with E-state index in [1.807, 2.05) is 35.2 Å². The Labute approximate surface area is 153 Å². The van der Waals surface area contributed by atoms with E-state index >= 15 is 0 Å². The fourth-order valence-electron chi connectivity index (χ4n) is 3.22. The van der Waals surface area contributed by atoms with Crippen LogP contribution in [-0.4, -0.2) is 29.8 Å². The molecule has 1 aliphatic heterocycles. The lowest BCUT2D eigenvalue weighted by Crippen LogP contribution is -2.41. The molecule has 4 nitrogen and oxygen atoms in total. The first-order valence-electron chi connectivity index (χ1n) is 9.00. The molecule has 0 radical (unpaired) electrons. The van der Waals surface area contributed by atoms with Gasteiger partial charge in [0.05, 0.1) is 0 Å². The predicted octanol–water partition coefficient (Wildman–Crippen LogP) is 3.64. The van der Waals surface area contributed by atoms with E-state index in [0.717, 1.165) is 11.3 Å². The maximum absolute atomic E-state index is 12.9. The first-order valence-corrected chi connectivity index (χ1v) is 9.00. The van der Waals surface area contributed by atoms with E-state index < -0.39 is 0 Å². The zero-order valence-corrected chi connectivity index (χ0v) is 14.7. The van der Waals surface area contributed by atoms with Crippen molar-refractivity contribution in [2.75, 3.05) is 18.4 Å². The second-order valence-corrected chi connectivity index (χ2v) is 6.64. The highest BCUT2D eigenvalue weighted by Gasteiger charge is 2.27. The molecule has 2 aromatic rings. The number of hydrogen-bond acceptors (Lipinski definition) is 2. The van der Waals surface area contributed by atoms with Crippen molar-refractivity contribution < 1.29 is 14.0 Å². The van der Waals surface area contributed by atoms with Crippen LogP contribution in [0.3, 0.4) is 0 Å². The first-order chi connectivity index (χ1) is 12.6. The summed E-state index contributed by atoms with van der Waals surface area (Å²) in [5.74, 6) is -0.210. The molecule has 26 heavy (non-hydrogen) atoms. The van der Waals surface area contributed by atoms with Crippen LogP contribution in [0.2, 0.25) is 0 Å². The summed E-state index contributed by atoms with van der Waals surface area (Å²) in [6, 6.07) is 15.7. The monoisotopic (exact) mass is 354 g/mol. The van der Waals surface area contributed by atoms with E-state index in [9.17, 15) is 14.0 Å². The molecule has 0 spiro atoms. The first kappa shape index (κ1) is 18.1. The highest BCUT2D eigenvalue weighted by Crippen LogP contribution is 2.20. The number of piperidine rings is 1. The molecule has 0 unspecified atom stereocenters. The average molecular weight is 354 g/mol. The third-order valence-electron chi connectivity index (χ3n) is 4.80. The molecule has 5 heteroatoms. The average Bonchev–Trinajstić information content (AvgIpc) is 2.68. The van der Waals surface area contributed by atoms with Gasteiger partial charge < -0.3 is 10.2 Å². The lowest BCUT2D eigenvalue weighted by atomic mass is 9.95. The molecule has 1 aliphatic rings. The number of anilines is 1. The van der Waals surface area contributed by atoms with Crippen LogP contribution >= 0.6 is 0 Å². The summed E-state index contributed by atoms with van der Waals surface area (Å²) >= 11 is 0. The van der Waals surface area contributed by atoms with Gasteiger partial charge in [-0.2, -0.15) is 0 Å². The van der Waals surface area contributed by atoms with E-state index in [1.54, 1.807) is 12.1 Å². The van der Waals surface area contributed by atoms with E-state index in [4.69, 9.17) is 0 Å². The molecule has 0 saturated carbocycles. The van der Waals surface area contributed by atoms with Gasteiger partial charge in [0.1, 0.15) is 5.82 Å². The third-order valence-corrected chi connectivity index (χ3v) is 4.80. The number of rotatable bonds is 5. The van der Waals surface area contributed by atoms with Gasteiger partial charge in [0, 0.05) is 31.1 Å².